The molecule has 0 atom stereocenters. The Morgan fingerprint density at radius 3 is 0.897 bits per heavy atom. The molecule has 0 aliphatic heterocycles. The first-order valence-corrected chi connectivity index (χ1v) is 16.1. The average Bonchev–Trinajstić information content (AvgIpc) is 2.88. The second kappa shape index (κ2) is 35.4. The predicted molar refractivity (Wildman–Crippen MR) is 158 cm³/mol. The first-order valence-electron chi connectivity index (χ1n) is 16.1. The van der Waals surface area contributed by atoms with Crippen molar-refractivity contribution in [1.82, 2.24) is 9.80 Å². The molecule has 6 nitrogen and oxygen atoms in total. The van der Waals surface area contributed by atoms with E-state index in [1.807, 2.05) is 14.1 Å². The van der Waals surface area contributed by atoms with Crippen molar-refractivity contribution in [3.05, 3.63) is 0 Å². The summed E-state index contributed by atoms with van der Waals surface area (Å²) in [5.41, 5.74) is 0. The van der Waals surface area contributed by atoms with Gasteiger partial charge in [0.25, 0.3) is 0 Å². The average molecular weight is 600 g/mol. The van der Waals surface area contributed by atoms with E-state index in [-0.39, 0.29) is 29.3 Å². The van der Waals surface area contributed by atoms with E-state index in [4.69, 9.17) is 0 Å². The minimum Gasteiger partial charge on any atom is -0.550 e. The molecule has 0 rings (SSSR count). The van der Waals surface area contributed by atoms with Crippen LogP contribution in [0.25, 0.3) is 0 Å². The van der Waals surface area contributed by atoms with Gasteiger partial charge in [0.1, 0.15) is 0 Å². The van der Waals surface area contributed by atoms with Crippen LogP contribution in [-0.2, 0) is 26.1 Å². The van der Waals surface area contributed by atoms with E-state index < -0.39 is 11.9 Å². The Morgan fingerprint density at radius 2 is 0.667 bits per heavy atom. The number of hydrogen-bond donors (Lipinski definition) is 0. The van der Waals surface area contributed by atoms with Gasteiger partial charge in [-0.2, -0.15) is 0 Å². The fraction of sp³-hybridized carbons (Fsp3) is 0.938. The van der Waals surface area contributed by atoms with Crippen molar-refractivity contribution in [3.63, 3.8) is 0 Å². The van der Waals surface area contributed by atoms with Crippen LogP contribution in [0.5, 0.6) is 0 Å². The maximum Gasteiger partial charge on any atom is 2.00 e. The number of hydrogen-bond acceptors (Lipinski definition) is 6. The minimum absolute atomic E-state index is 0. The van der Waals surface area contributed by atoms with Crippen molar-refractivity contribution in [3.8, 4) is 0 Å². The molecule has 0 unspecified atom stereocenters. The smallest absolute Gasteiger partial charge is 0.550 e. The van der Waals surface area contributed by atoms with Crippen LogP contribution in [0.4, 0.5) is 0 Å². The van der Waals surface area contributed by atoms with Crippen molar-refractivity contribution in [2.45, 2.75) is 155 Å². The minimum atomic E-state index is -0.949. The fourth-order valence-corrected chi connectivity index (χ4v) is 4.53. The number of carboxylic acids is 2. The zero-order valence-electron chi connectivity index (χ0n) is 26.2. The third-order valence-electron chi connectivity index (χ3n) is 7.18. The summed E-state index contributed by atoms with van der Waals surface area (Å²) in [6, 6.07) is 0. The molecule has 0 saturated heterocycles. The molecule has 0 N–H and O–H groups in total. The van der Waals surface area contributed by atoms with Crippen LogP contribution < -0.4 is 10.2 Å². The summed E-state index contributed by atoms with van der Waals surface area (Å²) in [5.74, 6) is -1.90. The molecule has 0 aromatic heterocycles. The third kappa shape index (κ3) is 42.0. The van der Waals surface area contributed by atoms with E-state index >= 15 is 0 Å². The largest absolute Gasteiger partial charge is 2.00 e. The van der Waals surface area contributed by atoms with Crippen LogP contribution in [0.3, 0.4) is 0 Å². The van der Waals surface area contributed by atoms with Gasteiger partial charge in [-0.05, 0) is 52.9 Å². The first kappa shape index (κ1) is 42.8. The van der Waals surface area contributed by atoms with Crippen molar-refractivity contribution < 1.29 is 36.3 Å². The number of carboxylic acid groups (broad SMARTS) is 2. The SMILES string of the molecule is CCCCCCCCCCCCN(C)CCC(=O)[O-].CCCCCCCCCCCCN(C)CCC(=O)[O-].[Ni+2]. The molecule has 0 spiro atoms. The van der Waals surface area contributed by atoms with Crippen LogP contribution in [-0.4, -0.2) is 62.0 Å². The Labute approximate surface area is 253 Å². The summed E-state index contributed by atoms with van der Waals surface area (Å²) >= 11 is 0. The summed E-state index contributed by atoms with van der Waals surface area (Å²) in [7, 11) is 3.97. The van der Waals surface area contributed by atoms with Gasteiger partial charge in [0.15, 0.2) is 0 Å². The van der Waals surface area contributed by atoms with Gasteiger partial charge in [0.2, 0.25) is 0 Å². The van der Waals surface area contributed by atoms with E-state index in [1.165, 1.54) is 128 Å². The summed E-state index contributed by atoms with van der Waals surface area (Å²) in [6.45, 7) is 7.74. The standard InChI is InChI=1S/2C16H33NO2.Ni/c2*1-3-4-5-6-7-8-9-10-11-12-14-17(2)15-13-16(18)19;/h2*3-15H2,1-2H3,(H,18,19);/q;;+2/p-2. The molecule has 0 bridgehead atoms. The van der Waals surface area contributed by atoms with Crippen LogP contribution in [0.15, 0.2) is 0 Å². The number of carbonyl (C=O) groups is 2. The van der Waals surface area contributed by atoms with E-state index in [9.17, 15) is 19.8 Å². The van der Waals surface area contributed by atoms with E-state index in [0.717, 1.165) is 13.1 Å². The number of unbranched alkanes of at least 4 members (excludes halogenated alkanes) is 18. The summed E-state index contributed by atoms with van der Waals surface area (Å²) in [4.78, 5) is 24.8. The summed E-state index contributed by atoms with van der Waals surface area (Å²) < 4.78 is 0. The zero-order chi connectivity index (χ0) is 28.7. The van der Waals surface area contributed by atoms with Crippen molar-refractivity contribution >= 4 is 11.9 Å². The number of nitrogens with zero attached hydrogens (tertiary/aromatic N) is 2. The molecule has 0 aromatic carbocycles. The molecule has 0 radical (unpaired) electrons. The van der Waals surface area contributed by atoms with Crippen LogP contribution in [0, 0.1) is 0 Å². The molecule has 0 aromatic rings. The molecule has 0 aliphatic carbocycles. The topological polar surface area (TPSA) is 86.7 Å². The Bertz CT molecular complexity index is 465. The molecule has 0 fully saturated rings. The maximum absolute atomic E-state index is 10.3. The van der Waals surface area contributed by atoms with Crippen molar-refractivity contribution in [2.24, 2.45) is 0 Å². The van der Waals surface area contributed by atoms with Crippen LogP contribution >= 0.6 is 0 Å². The molecular formula is C32H64N2NiO4. The van der Waals surface area contributed by atoms with Crippen molar-refractivity contribution in [2.75, 3.05) is 40.3 Å². The van der Waals surface area contributed by atoms with E-state index in [1.54, 1.807) is 0 Å². The summed E-state index contributed by atoms with van der Waals surface area (Å²) in [5, 5.41) is 20.6. The second-order valence-electron chi connectivity index (χ2n) is 11.2. The second-order valence-corrected chi connectivity index (χ2v) is 11.2. The fourth-order valence-electron chi connectivity index (χ4n) is 4.53. The Hall–Kier alpha value is -0.646. The Morgan fingerprint density at radius 1 is 0.436 bits per heavy atom. The summed E-state index contributed by atoms with van der Waals surface area (Å²) in [6.07, 6.45) is 27.1. The third-order valence-corrected chi connectivity index (χ3v) is 7.18. The molecule has 0 amide bonds. The maximum atomic E-state index is 10.3. The molecule has 39 heavy (non-hydrogen) atoms. The normalized spacial score (nSPS) is 10.8. The Kier molecular flexibility index (Phi) is 38.8. The zero-order valence-corrected chi connectivity index (χ0v) is 27.2. The molecule has 0 saturated carbocycles. The molecule has 236 valence electrons. The number of carbonyl (C=O) groups excluding carboxylic acids is 2. The van der Waals surface area contributed by atoms with Gasteiger partial charge < -0.3 is 29.6 Å². The molecule has 0 aliphatic rings. The molecule has 7 heteroatoms. The van der Waals surface area contributed by atoms with Gasteiger partial charge in [-0.15, -0.1) is 0 Å². The number of aliphatic carboxylic acids is 2. The molecule has 0 heterocycles. The van der Waals surface area contributed by atoms with Crippen LogP contribution in [0.2, 0.25) is 0 Å². The first-order chi connectivity index (χ1) is 18.3. The predicted octanol–water partition coefficient (Wildman–Crippen LogP) is 5.96. The van der Waals surface area contributed by atoms with Crippen LogP contribution in [0.1, 0.15) is 155 Å². The van der Waals surface area contributed by atoms with Gasteiger partial charge in [0.05, 0.1) is 0 Å². The van der Waals surface area contributed by atoms with Crippen molar-refractivity contribution in [1.29, 1.82) is 0 Å². The van der Waals surface area contributed by atoms with Gasteiger partial charge in [-0.3, -0.25) is 0 Å². The monoisotopic (exact) mass is 598 g/mol. The quantitative estimate of drug-likeness (QED) is 0.0816. The number of rotatable bonds is 28. The van der Waals surface area contributed by atoms with Gasteiger partial charge in [0, 0.05) is 25.0 Å². The molecular weight excluding hydrogens is 535 g/mol. The Balaban J connectivity index is -0.000000648. The van der Waals surface area contributed by atoms with E-state index in [2.05, 4.69) is 23.6 Å². The van der Waals surface area contributed by atoms with E-state index in [0.29, 0.717) is 13.1 Å². The van der Waals surface area contributed by atoms with Gasteiger partial charge >= 0.3 is 16.5 Å². The van der Waals surface area contributed by atoms with Gasteiger partial charge in [-0.1, -0.05) is 129 Å². The van der Waals surface area contributed by atoms with Gasteiger partial charge in [-0.25, -0.2) is 0 Å².